The van der Waals surface area contributed by atoms with Crippen LogP contribution < -0.4 is 10.1 Å². The Labute approximate surface area is 65.6 Å². The highest BCUT2D eigenvalue weighted by atomic mass is 16.5. The second-order valence-electron chi connectivity index (χ2n) is 1.94. The van der Waals surface area contributed by atoms with E-state index < -0.39 is 0 Å². The van der Waals surface area contributed by atoms with Gasteiger partial charge in [0, 0.05) is 18.9 Å². The summed E-state index contributed by atoms with van der Waals surface area (Å²) in [7, 11) is 1.57. The molecule has 11 heavy (non-hydrogen) atoms. The molecule has 0 fully saturated rings. The van der Waals surface area contributed by atoms with Gasteiger partial charge in [-0.2, -0.15) is 0 Å². The predicted octanol–water partition coefficient (Wildman–Crippen LogP) is 0.917. The van der Waals surface area contributed by atoms with Gasteiger partial charge in [0.2, 0.25) is 0 Å². The lowest BCUT2D eigenvalue weighted by molar-refractivity contribution is 0.398. The second kappa shape index (κ2) is 3.75. The Hall–Kier alpha value is -1.32. The third-order valence-electron chi connectivity index (χ3n) is 1.20. The third kappa shape index (κ3) is 1.80. The summed E-state index contributed by atoms with van der Waals surface area (Å²) in [4.78, 5) is 8.01. The van der Waals surface area contributed by atoms with Crippen molar-refractivity contribution < 1.29 is 4.74 Å². The fourth-order valence-corrected chi connectivity index (χ4v) is 0.763. The average Bonchev–Trinajstić information content (AvgIpc) is 2.06. The summed E-state index contributed by atoms with van der Waals surface area (Å²) in [5, 5.41) is 3.03. The fraction of sp³-hybridized carbons (Fsp3) is 0.429. The van der Waals surface area contributed by atoms with Gasteiger partial charge in [-0.25, -0.2) is 9.97 Å². The first kappa shape index (κ1) is 7.78. The Balaban J connectivity index is 2.83. The van der Waals surface area contributed by atoms with Crippen molar-refractivity contribution in [1.82, 2.24) is 9.97 Å². The summed E-state index contributed by atoms with van der Waals surface area (Å²) < 4.78 is 4.96. The highest BCUT2D eigenvalue weighted by Gasteiger charge is 2.00. The van der Waals surface area contributed by atoms with E-state index in [1.807, 2.05) is 6.92 Å². The van der Waals surface area contributed by atoms with E-state index in [1.165, 1.54) is 0 Å². The zero-order chi connectivity index (χ0) is 8.10. The van der Waals surface area contributed by atoms with Crippen LogP contribution in [0.1, 0.15) is 6.92 Å². The quantitative estimate of drug-likeness (QED) is 0.701. The van der Waals surface area contributed by atoms with Crippen LogP contribution in [0.3, 0.4) is 0 Å². The molecule has 0 spiro atoms. The van der Waals surface area contributed by atoms with Gasteiger partial charge in [0.15, 0.2) is 5.82 Å². The van der Waals surface area contributed by atoms with E-state index in [2.05, 4.69) is 15.3 Å². The number of aromatic nitrogens is 2. The number of nitrogens with one attached hydrogen (secondary N) is 1. The van der Waals surface area contributed by atoms with Gasteiger partial charge in [-0.3, -0.25) is 0 Å². The molecule has 0 bridgehead atoms. The molecule has 0 amide bonds. The van der Waals surface area contributed by atoms with Gasteiger partial charge in [-0.05, 0) is 6.92 Å². The van der Waals surface area contributed by atoms with Crippen molar-refractivity contribution in [2.24, 2.45) is 0 Å². The van der Waals surface area contributed by atoms with E-state index in [-0.39, 0.29) is 0 Å². The lowest BCUT2D eigenvalue weighted by Gasteiger charge is -2.04. The van der Waals surface area contributed by atoms with Crippen LogP contribution in [-0.4, -0.2) is 23.6 Å². The topological polar surface area (TPSA) is 47.0 Å². The van der Waals surface area contributed by atoms with Crippen molar-refractivity contribution in [3.63, 3.8) is 0 Å². The molecule has 1 aromatic heterocycles. The Morgan fingerprint density at radius 2 is 2.18 bits per heavy atom. The summed E-state index contributed by atoms with van der Waals surface area (Å²) in [6, 6.07) is 0. The average molecular weight is 153 g/mol. The first-order valence-electron chi connectivity index (χ1n) is 3.47. The number of rotatable bonds is 3. The minimum Gasteiger partial charge on any atom is -0.478 e. The predicted molar refractivity (Wildman–Crippen MR) is 42.7 cm³/mol. The van der Waals surface area contributed by atoms with Crippen molar-refractivity contribution in [1.29, 1.82) is 0 Å². The Morgan fingerprint density at radius 3 is 2.82 bits per heavy atom. The minimum atomic E-state index is 0.536. The van der Waals surface area contributed by atoms with E-state index in [0.29, 0.717) is 11.7 Å². The van der Waals surface area contributed by atoms with Crippen molar-refractivity contribution in [2.75, 3.05) is 19.0 Å². The highest BCUT2D eigenvalue weighted by molar-refractivity contribution is 5.44. The lowest BCUT2D eigenvalue weighted by atomic mass is 10.6. The van der Waals surface area contributed by atoms with Crippen LogP contribution in [0.25, 0.3) is 0 Å². The summed E-state index contributed by atoms with van der Waals surface area (Å²) in [6.07, 6.45) is 3.22. The van der Waals surface area contributed by atoms with E-state index in [4.69, 9.17) is 4.74 Å². The first-order valence-corrected chi connectivity index (χ1v) is 3.47. The molecule has 0 aliphatic carbocycles. The standard InChI is InChI=1S/C7H11N3O/c1-3-8-6-7(11-2)10-5-4-9-6/h4-5H,3H2,1-2H3,(H,8,9). The molecule has 0 aliphatic heterocycles. The van der Waals surface area contributed by atoms with Crippen LogP contribution >= 0.6 is 0 Å². The molecule has 60 valence electrons. The van der Waals surface area contributed by atoms with Gasteiger partial charge in [-0.1, -0.05) is 0 Å². The molecule has 1 N–H and O–H groups in total. The largest absolute Gasteiger partial charge is 0.478 e. The molecule has 1 heterocycles. The molecule has 1 aromatic rings. The van der Waals surface area contributed by atoms with Crippen molar-refractivity contribution in [3.8, 4) is 5.88 Å². The summed E-state index contributed by atoms with van der Waals surface area (Å²) in [6.45, 7) is 2.81. The monoisotopic (exact) mass is 153 g/mol. The number of hydrogen-bond donors (Lipinski definition) is 1. The van der Waals surface area contributed by atoms with Gasteiger partial charge in [0.05, 0.1) is 7.11 Å². The normalized spacial score (nSPS) is 9.27. The van der Waals surface area contributed by atoms with Crippen LogP contribution in [0.5, 0.6) is 5.88 Å². The lowest BCUT2D eigenvalue weighted by Crippen LogP contribution is -2.02. The van der Waals surface area contributed by atoms with E-state index in [1.54, 1.807) is 19.5 Å². The molecule has 1 rings (SSSR count). The summed E-state index contributed by atoms with van der Waals surface area (Å²) in [5.41, 5.74) is 0. The van der Waals surface area contributed by atoms with Crippen LogP contribution in [0.4, 0.5) is 5.82 Å². The maximum absolute atomic E-state index is 4.96. The van der Waals surface area contributed by atoms with E-state index in [0.717, 1.165) is 6.54 Å². The maximum atomic E-state index is 4.96. The Kier molecular flexibility index (Phi) is 2.66. The maximum Gasteiger partial charge on any atom is 0.257 e. The van der Waals surface area contributed by atoms with Gasteiger partial charge in [0.1, 0.15) is 0 Å². The molecule has 4 nitrogen and oxygen atoms in total. The van der Waals surface area contributed by atoms with Crippen LogP contribution in [0.2, 0.25) is 0 Å². The van der Waals surface area contributed by atoms with E-state index >= 15 is 0 Å². The molecule has 0 saturated carbocycles. The molecule has 0 saturated heterocycles. The highest BCUT2D eigenvalue weighted by Crippen LogP contribution is 2.15. The SMILES string of the molecule is CCNc1nccnc1OC. The van der Waals surface area contributed by atoms with Crippen LogP contribution in [-0.2, 0) is 0 Å². The summed E-state index contributed by atoms with van der Waals surface area (Å²) >= 11 is 0. The van der Waals surface area contributed by atoms with E-state index in [9.17, 15) is 0 Å². The number of anilines is 1. The van der Waals surface area contributed by atoms with Gasteiger partial charge in [0.25, 0.3) is 5.88 Å². The number of ether oxygens (including phenoxy) is 1. The smallest absolute Gasteiger partial charge is 0.257 e. The molecule has 0 atom stereocenters. The molecule has 0 unspecified atom stereocenters. The van der Waals surface area contributed by atoms with Gasteiger partial charge in [-0.15, -0.1) is 0 Å². The molecule has 0 aromatic carbocycles. The molecule has 0 radical (unpaired) electrons. The number of nitrogens with zero attached hydrogens (tertiary/aromatic N) is 2. The van der Waals surface area contributed by atoms with Crippen LogP contribution in [0.15, 0.2) is 12.4 Å². The van der Waals surface area contributed by atoms with Crippen LogP contribution in [0, 0.1) is 0 Å². The molecular weight excluding hydrogens is 142 g/mol. The molecule has 0 aliphatic rings. The minimum absolute atomic E-state index is 0.536. The third-order valence-corrected chi connectivity index (χ3v) is 1.20. The number of hydrogen-bond acceptors (Lipinski definition) is 4. The zero-order valence-corrected chi connectivity index (χ0v) is 6.66. The van der Waals surface area contributed by atoms with Crippen molar-refractivity contribution in [2.45, 2.75) is 6.92 Å². The van der Waals surface area contributed by atoms with Gasteiger partial charge < -0.3 is 10.1 Å². The second-order valence-corrected chi connectivity index (χ2v) is 1.94. The first-order chi connectivity index (χ1) is 5.38. The van der Waals surface area contributed by atoms with Gasteiger partial charge >= 0.3 is 0 Å². The molecule has 4 heteroatoms. The van der Waals surface area contributed by atoms with Crippen molar-refractivity contribution >= 4 is 5.82 Å². The molecular formula is C7H11N3O. The summed E-state index contributed by atoms with van der Waals surface area (Å²) in [5.74, 6) is 1.23. The van der Waals surface area contributed by atoms with Crippen molar-refractivity contribution in [3.05, 3.63) is 12.4 Å². The fourth-order valence-electron chi connectivity index (χ4n) is 0.763. The Morgan fingerprint density at radius 1 is 1.45 bits per heavy atom. The number of methoxy groups -OCH3 is 1. The Bertz CT molecular complexity index is 227. The zero-order valence-electron chi connectivity index (χ0n) is 6.66.